The Hall–Kier alpha value is -2.71. The molecule has 0 saturated carbocycles. The number of imidazole rings is 1. The van der Waals surface area contributed by atoms with Crippen LogP contribution in [0.25, 0.3) is 15.9 Å². The van der Waals surface area contributed by atoms with E-state index in [1.807, 2.05) is 29.8 Å². The number of nitrogens with two attached hydrogens (primary N) is 1. The molecule has 3 heterocycles. The van der Waals surface area contributed by atoms with E-state index in [4.69, 9.17) is 5.73 Å². The van der Waals surface area contributed by atoms with E-state index in [1.165, 1.54) is 10.9 Å². The second-order valence-electron chi connectivity index (χ2n) is 6.59. The molecular formula is C19H22N6OS. The van der Waals surface area contributed by atoms with Crippen LogP contribution in [0.1, 0.15) is 22.7 Å². The van der Waals surface area contributed by atoms with E-state index < -0.39 is 0 Å². The van der Waals surface area contributed by atoms with Crippen molar-refractivity contribution < 1.29 is 4.79 Å². The van der Waals surface area contributed by atoms with Crippen LogP contribution >= 0.6 is 11.3 Å². The molecule has 0 saturated heterocycles. The van der Waals surface area contributed by atoms with Crippen LogP contribution in [0.2, 0.25) is 0 Å². The van der Waals surface area contributed by atoms with Crippen molar-refractivity contribution in [2.75, 3.05) is 6.54 Å². The third-order valence-electron chi connectivity index (χ3n) is 4.54. The Bertz CT molecular complexity index is 1060. The molecule has 3 N–H and O–H groups in total. The summed E-state index contributed by atoms with van der Waals surface area (Å²) in [6, 6.07) is 8.24. The number of benzene rings is 1. The summed E-state index contributed by atoms with van der Waals surface area (Å²) in [6.45, 7) is 4.20. The molecule has 0 aliphatic carbocycles. The summed E-state index contributed by atoms with van der Waals surface area (Å²) in [6.07, 6.45) is 5.31. The number of nitrogens with zero attached hydrogens (tertiary/aromatic N) is 4. The molecule has 0 unspecified atom stereocenters. The quantitative estimate of drug-likeness (QED) is 0.457. The molecule has 140 valence electrons. The average molecular weight is 382 g/mol. The van der Waals surface area contributed by atoms with Gasteiger partial charge in [-0.1, -0.05) is 29.5 Å². The van der Waals surface area contributed by atoms with Gasteiger partial charge in [0.2, 0.25) is 10.9 Å². The zero-order chi connectivity index (χ0) is 18.8. The molecule has 8 heteroatoms. The molecule has 0 atom stereocenters. The normalized spacial score (nSPS) is 11.6. The maximum absolute atomic E-state index is 11.1. The minimum Gasteiger partial charge on any atom is -0.370 e. The van der Waals surface area contributed by atoms with E-state index >= 15 is 0 Å². The number of primary amides is 1. The average Bonchev–Trinajstić information content (AvgIpc) is 3.28. The summed E-state index contributed by atoms with van der Waals surface area (Å²) in [4.78, 5) is 16.7. The third kappa shape index (κ3) is 3.86. The minimum absolute atomic E-state index is 0.280. The van der Waals surface area contributed by atoms with Crippen molar-refractivity contribution in [3.05, 3.63) is 52.9 Å². The molecule has 0 radical (unpaired) electrons. The van der Waals surface area contributed by atoms with Crippen LogP contribution in [-0.4, -0.2) is 31.6 Å². The Labute approximate surface area is 160 Å². The summed E-state index contributed by atoms with van der Waals surface area (Å²) >= 11 is 1.60. The molecule has 27 heavy (non-hydrogen) atoms. The van der Waals surface area contributed by atoms with Gasteiger partial charge in [-0.05, 0) is 18.6 Å². The van der Waals surface area contributed by atoms with E-state index in [1.54, 1.807) is 11.3 Å². The number of fused-ring (bicyclic) bond motifs is 2. The third-order valence-corrected chi connectivity index (χ3v) is 5.38. The molecule has 1 aromatic carbocycles. The lowest BCUT2D eigenvalue weighted by atomic mass is 10.2. The monoisotopic (exact) mass is 382 g/mol. The van der Waals surface area contributed by atoms with Crippen LogP contribution in [0.15, 0.2) is 36.7 Å². The molecule has 4 rings (SSSR count). The van der Waals surface area contributed by atoms with Crippen molar-refractivity contribution in [1.29, 1.82) is 0 Å². The molecule has 0 spiro atoms. The number of aryl methyl sites for hydroxylation is 2. The van der Waals surface area contributed by atoms with Gasteiger partial charge in [-0.15, -0.1) is 0 Å². The second kappa shape index (κ2) is 7.50. The standard InChI is InChI=1S/C19H22N6OS/c1-13-23-25-12-15(22-19(25)27-13)6-8-21-10-14-11-24(9-7-18(20)26)17-5-3-2-4-16(14)17/h2-5,11-12,21H,6-10H2,1H3,(H2,20,26). The second-order valence-corrected chi connectivity index (χ2v) is 7.75. The first-order valence-electron chi connectivity index (χ1n) is 8.97. The van der Waals surface area contributed by atoms with Gasteiger partial charge in [-0.3, -0.25) is 4.79 Å². The Morgan fingerprint density at radius 3 is 2.96 bits per heavy atom. The minimum atomic E-state index is -0.280. The number of nitrogens with one attached hydrogen (secondary N) is 1. The number of hydrogen-bond acceptors (Lipinski definition) is 5. The molecule has 0 fully saturated rings. The van der Waals surface area contributed by atoms with Gasteiger partial charge in [0.25, 0.3) is 0 Å². The number of para-hydroxylation sites is 1. The van der Waals surface area contributed by atoms with Gasteiger partial charge in [0, 0.05) is 49.6 Å². The highest BCUT2D eigenvalue weighted by Crippen LogP contribution is 2.21. The molecule has 0 aliphatic heterocycles. The molecular weight excluding hydrogens is 360 g/mol. The highest BCUT2D eigenvalue weighted by atomic mass is 32.1. The largest absolute Gasteiger partial charge is 0.370 e. The number of carbonyl (C=O) groups is 1. The predicted octanol–water partition coefficient (Wildman–Crippen LogP) is 2.26. The van der Waals surface area contributed by atoms with Gasteiger partial charge in [0.15, 0.2) is 0 Å². The summed E-state index contributed by atoms with van der Waals surface area (Å²) in [7, 11) is 0. The zero-order valence-electron chi connectivity index (χ0n) is 15.2. The summed E-state index contributed by atoms with van der Waals surface area (Å²) in [5, 5.41) is 10.1. The zero-order valence-corrected chi connectivity index (χ0v) is 16.0. The number of carbonyl (C=O) groups excluding carboxylic acids is 1. The number of hydrogen-bond donors (Lipinski definition) is 2. The van der Waals surface area contributed by atoms with Crippen LogP contribution in [-0.2, 0) is 24.3 Å². The summed E-state index contributed by atoms with van der Waals surface area (Å²) < 4.78 is 3.95. The topological polar surface area (TPSA) is 90.2 Å². The smallest absolute Gasteiger partial charge is 0.219 e. The SMILES string of the molecule is Cc1nn2cc(CCNCc3cn(CCC(N)=O)c4ccccc34)nc2s1. The van der Waals surface area contributed by atoms with Crippen LogP contribution in [0.5, 0.6) is 0 Å². The molecule has 4 aromatic rings. The van der Waals surface area contributed by atoms with Gasteiger partial charge in [-0.25, -0.2) is 9.50 Å². The molecule has 0 bridgehead atoms. The van der Waals surface area contributed by atoms with E-state index in [0.717, 1.165) is 40.7 Å². The van der Waals surface area contributed by atoms with Gasteiger partial charge in [-0.2, -0.15) is 5.10 Å². The fourth-order valence-corrected chi connectivity index (χ4v) is 4.03. The first kappa shape index (κ1) is 17.7. The van der Waals surface area contributed by atoms with Crippen LogP contribution in [0.3, 0.4) is 0 Å². The molecule has 7 nitrogen and oxygen atoms in total. The summed E-state index contributed by atoms with van der Waals surface area (Å²) in [5.41, 5.74) is 8.69. The van der Waals surface area contributed by atoms with Gasteiger partial charge in [0.1, 0.15) is 5.01 Å². The lowest BCUT2D eigenvalue weighted by Gasteiger charge is -2.02. The van der Waals surface area contributed by atoms with Crippen molar-refractivity contribution in [3.63, 3.8) is 0 Å². The van der Waals surface area contributed by atoms with Crippen LogP contribution in [0.4, 0.5) is 0 Å². The van der Waals surface area contributed by atoms with Crippen LogP contribution < -0.4 is 11.1 Å². The molecule has 3 aromatic heterocycles. The first-order chi connectivity index (χ1) is 13.1. The first-order valence-corrected chi connectivity index (χ1v) is 9.79. The maximum atomic E-state index is 11.1. The fourth-order valence-electron chi connectivity index (χ4n) is 3.28. The lowest BCUT2D eigenvalue weighted by Crippen LogP contribution is -2.16. The van der Waals surface area contributed by atoms with E-state index in [0.29, 0.717) is 13.0 Å². The number of aromatic nitrogens is 4. The molecule has 1 amide bonds. The predicted molar refractivity (Wildman–Crippen MR) is 107 cm³/mol. The van der Waals surface area contributed by atoms with Crippen molar-refractivity contribution >= 4 is 33.1 Å². The van der Waals surface area contributed by atoms with E-state index in [-0.39, 0.29) is 5.91 Å². The van der Waals surface area contributed by atoms with E-state index in [2.05, 4.69) is 38.3 Å². The van der Waals surface area contributed by atoms with Crippen molar-refractivity contribution in [2.24, 2.45) is 5.73 Å². The summed E-state index contributed by atoms with van der Waals surface area (Å²) in [5.74, 6) is -0.280. The Morgan fingerprint density at radius 1 is 1.30 bits per heavy atom. The Morgan fingerprint density at radius 2 is 2.15 bits per heavy atom. The Kier molecular flexibility index (Phi) is 4.91. The fraction of sp³-hybridized carbons (Fsp3) is 0.316. The maximum Gasteiger partial charge on any atom is 0.219 e. The van der Waals surface area contributed by atoms with Gasteiger partial charge in [0.05, 0.1) is 11.9 Å². The van der Waals surface area contributed by atoms with Crippen LogP contribution in [0, 0.1) is 6.92 Å². The lowest BCUT2D eigenvalue weighted by molar-refractivity contribution is -0.118. The van der Waals surface area contributed by atoms with Gasteiger partial charge < -0.3 is 15.6 Å². The molecule has 0 aliphatic rings. The van der Waals surface area contributed by atoms with Crippen molar-refractivity contribution in [2.45, 2.75) is 32.9 Å². The van der Waals surface area contributed by atoms with Crippen molar-refractivity contribution in [3.8, 4) is 0 Å². The van der Waals surface area contributed by atoms with Crippen molar-refractivity contribution in [1.82, 2.24) is 24.5 Å². The number of rotatable bonds is 8. The Balaban J connectivity index is 1.39. The van der Waals surface area contributed by atoms with Gasteiger partial charge >= 0.3 is 0 Å². The highest BCUT2D eigenvalue weighted by molar-refractivity contribution is 7.16. The van der Waals surface area contributed by atoms with E-state index in [9.17, 15) is 4.79 Å². The highest BCUT2D eigenvalue weighted by Gasteiger charge is 2.09. The number of amides is 1.